The second-order valence-corrected chi connectivity index (χ2v) is 5.27. The number of anilines is 1. The van der Waals surface area contributed by atoms with Crippen LogP contribution in [-0.4, -0.2) is 5.91 Å². The quantitative estimate of drug-likeness (QED) is 0.846. The van der Waals surface area contributed by atoms with Gasteiger partial charge in [-0.25, -0.2) is 0 Å². The topological polar surface area (TPSA) is 29.1 Å². The van der Waals surface area contributed by atoms with Gasteiger partial charge in [0.1, 0.15) is 0 Å². The lowest BCUT2D eigenvalue weighted by Crippen LogP contribution is -2.14. The second-order valence-electron chi connectivity index (χ2n) is 4.07. The van der Waals surface area contributed by atoms with E-state index in [1.54, 1.807) is 12.1 Å². The van der Waals surface area contributed by atoms with Crippen LogP contribution < -0.4 is 5.32 Å². The molecule has 98 valence electrons. The molecule has 0 spiro atoms. The van der Waals surface area contributed by atoms with E-state index in [4.69, 9.17) is 11.6 Å². The molecule has 0 aliphatic carbocycles. The number of halogens is 2. The Bertz CT molecular complexity index is 613. The van der Waals surface area contributed by atoms with E-state index in [2.05, 4.69) is 21.2 Å². The molecule has 4 heteroatoms. The summed E-state index contributed by atoms with van der Waals surface area (Å²) in [5.41, 5.74) is 2.39. The SMILES string of the molecule is CCc1ccccc1C(=O)Nc1cccc(Cl)c1Br. The van der Waals surface area contributed by atoms with E-state index in [-0.39, 0.29) is 5.91 Å². The Kier molecular flexibility index (Phi) is 4.61. The van der Waals surface area contributed by atoms with Gasteiger partial charge in [0, 0.05) is 5.56 Å². The first kappa shape index (κ1) is 14.1. The summed E-state index contributed by atoms with van der Waals surface area (Å²) in [5.74, 6) is -0.125. The van der Waals surface area contributed by atoms with E-state index in [1.165, 1.54) is 0 Å². The van der Waals surface area contributed by atoms with Crippen molar-refractivity contribution in [1.29, 1.82) is 0 Å². The molecule has 0 aliphatic rings. The van der Waals surface area contributed by atoms with Crippen LogP contribution in [0.25, 0.3) is 0 Å². The largest absolute Gasteiger partial charge is 0.321 e. The highest BCUT2D eigenvalue weighted by Crippen LogP contribution is 2.30. The minimum Gasteiger partial charge on any atom is -0.321 e. The predicted octanol–water partition coefficient (Wildman–Crippen LogP) is 4.92. The van der Waals surface area contributed by atoms with Gasteiger partial charge in [-0.2, -0.15) is 0 Å². The molecule has 2 nitrogen and oxygen atoms in total. The fourth-order valence-corrected chi connectivity index (χ4v) is 2.38. The molecule has 0 aliphatic heterocycles. The molecule has 0 unspecified atom stereocenters. The molecular weight excluding hydrogens is 326 g/mol. The van der Waals surface area contributed by atoms with E-state index >= 15 is 0 Å². The monoisotopic (exact) mass is 337 g/mol. The molecule has 1 amide bonds. The van der Waals surface area contributed by atoms with Gasteiger partial charge in [-0.15, -0.1) is 0 Å². The Hall–Kier alpha value is -1.32. The van der Waals surface area contributed by atoms with Gasteiger partial charge in [0.05, 0.1) is 15.2 Å². The number of aryl methyl sites for hydroxylation is 1. The molecule has 1 N–H and O–H groups in total. The van der Waals surface area contributed by atoms with Gasteiger partial charge < -0.3 is 5.32 Å². The zero-order valence-electron chi connectivity index (χ0n) is 10.4. The molecule has 0 saturated carbocycles. The Balaban J connectivity index is 2.28. The molecule has 19 heavy (non-hydrogen) atoms. The average Bonchev–Trinajstić information content (AvgIpc) is 2.43. The minimum atomic E-state index is -0.125. The number of carbonyl (C=O) groups is 1. The summed E-state index contributed by atoms with van der Waals surface area (Å²) in [6.07, 6.45) is 0.820. The Morgan fingerprint density at radius 3 is 2.68 bits per heavy atom. The van der Waals surface area contributed by atoms with E-state index in [0.717, 1.165) is 12.0 Å². The number of rotatable bonds is 3. The maximum absolute atomic E-state index is 12.3. The molecule has 2 aromatic rings. The zero-order chi connectivity index (χ0) is 13.8. The van der Waals surface area contributed by atoms with Gasteiger partial charge in [0.25, 0.3) is 5.91 Å². The summed E-state index contributed by atoms with van der Waals surface area (Å²) in [7, 11) is 0. The smallest absolute Gasteiger partial charge is 0.255 e. The molecule has 0 radical (unpaired) electrons. The first-order valence-corrected chi connectivity index (χ1v) is 7.14. The lowest BCUT2D eigenvalue weighted by Gasteiger charge is -2.10. The number of carbonyl (C=O) groups excluding carboxylic acids is 1. The summed E-state index contributed by atoms with van der Waals surface area (Å²) < 4.78 is 0.694. The third-order valence-electron chi connectivity index (χ3n) is 2.84. The van der Waals surface area contributed by atoms with Crippen LogP contribution in [0.5, 0.6) is 0 Å². The third-order valence-corrected chi connectivity index (χ3v) is 4.24. The summed E-state index contributed by atoms with van der Waals surface area (Å²) in [4.78, 5) is 12.3. The molecular formula is C15H13BrClNO. The highest BCUT2D eigenvalue weighted by Gasteiger charge is 2.12. The van der Waals surface area contributed by atoms with Crippen molar-refractivity contribution in [3.63, 3.8) is 0 Å². The molecule has 0 heterocycles. The molecule has 0 atom stereocenters. The molecule has 0 saturated heterocycles. The lowest BCUT2D eigenvalue weighted by molar-refractivity contribution is 0.102. The Labute approximate surface area is 125 Å². The number of hydrogen-bond acceptors (Lipinski definition) is 1. The number of benzene rings is 2. The molecule has 2 rings (SSSR count). The fourth-order valence-electron chi connectivity index (χ4n) is 1.84. The number of amides is 1. The van der Waals surface area contributed by atoms with Crippen LogP contribution in [0.2, 0.25) is 5.02 Å². The van der Waals surface area contributed by atoms with Crippen LogP contribution in [0, 0.1) is 0 Å². The fraction of sp³-hybridized carbons (Fsp3) is 0.133. The summed E-state index contributed by atoms with van der Waals surface area (Å²) in [5, 5.41) is 3.44. The number of nitrogens with one attached hydrogen (secondary N) is 1. The summed E-state index contributed by atoms with van der Waals surface area (Å²) in [6.45, 7) is 2.03. The summed E-state index contributed by atoms with van der Waals surface area (Å²) >= 11 is 9.37. The van der Waals surface area contributed by atoms with Crippen molar-refractivity contribution in [1.82, 2.24) is 0 Å². The van der Waals surface area contributed by atoms with Crippen molar-refractivity contribution in [3.8, 4) is 0 Å². The average molecular weight is 339 g/mol. The van der Waals surface area contributed by atoms with Gasteiger partial charge in [-0.1, -0.05) is 42.8 Å². The molecule has 2 aromatic carbocycles. The second kappa shape index (κ2) is 6.22. The van der Waals surface area contributed by atoms with Crippen molar-refractivity contribution in [3.05, 3.63) is 63.1 Å². The maximum atomic E-state index is 12.3. The Morgan fingerprint density at radius 1 is 1.21 bits per heavy atom. The van der Waals surface area contributed by atoms with E-state index < -0.39 is 0 Å². The van der Waals surface area contributed by atoms with E-state index in [1.807, 2.05) is 37.3 Å². The van der Waals surface area contributed by atoms with Crippen LogP contribution in [-0.2, 0) is 6.42 Å². The van der Waals surface area contributed by atoms with Crippen LogP contribution in [0.3, 0.4) is 0 Å². The van der Waals surface area contributed by atoms with Crippen molar-refractivity contribution >= 4 is 39.1 Å². The number of hydrogen-bond donors (Lipinski definition) is 1. The highest BCUT2D eigenvalue weighted by molar-refractivity contribution is 9.10. The van der Waals surface area contributed by atoms with Crippen LogP contribution in [0.1, 0.15) is 22.8 Å². The zero-order valence-corrected chi connectivity index (χ0v) is 12.8. The van der Waals surface area contributed by atoms with Crippen molar-refractivity contribution in [2.24, 2.45) is 0 Å². The van der Waals surface area contributed by atoms with Gasteiger partial charge in [-0.05, 0) is 46.1 Å². The van der Waals surface area contributed by atoms with Gasteiger partial charge in [0.15, 0.2) is 0 Å². The Morgan fingerprint density at radius 2 is 1.95 bits per heavy atom. The van der Waals surface area contributed by atoms with Crippen LogP contribution in [0.15, 0.2) is 46.9 Å². The predicted molar refractivity (Wildman–Crippen MR) is 82.9 cm³/mol. The standard InChI is InChI=1S/C15H13BrClNO/c1-2-10-6-3-4-7-11(10)15(19)18-13-9-5-8-12(17)14(13)16/h3-9H,2H2,1H3,(H,18,19). The van der Waals surface area contributed by atoms with Crippen LogP contribution >= 0.6 is 27.5 Å². The highest BCUT2D eigenvalue weighted by atomic mass is 79.9. The summed E-state index contributed by atoms with van der Waals surface area (Å²) in [6, 6.07) is 13.0. The van der Waals surface area contributed by atoms with Gasteiger partial charge in [-0.3, -0.25) is 4.79 Å². The minimum absolute atomic E-state index is 0.125. The van der Waals surface area contributed by atoms with Crippen molar-refractivity contribution in [2.45, 2.75) is 13.3 Å². The third kappa shape index (κ3) is 3.17. The maximum Gasteiger partial charge on any atom is 0.255 e. The molecule has 0 aromatic heterocycles. The van der Waals surface area contributed by atoms with Gasteiger partial charge in [0.2, 0.25) is 0 Å². The normalized spacial score (nSPS) is 10.3. The molecule has 0 bridgehead atoms. The van der Waals surface area contributed by atoms with E-state index in [0.29, 0.717) is 20.7 Å². The van der Waals surface area contributed by atoms with Gasteiger partial charge >= 0.3 is 0 Å². The lowest BCUT2D eigenvalue weighted by atomic mass is 10.0. The molecule has 0 fully saturated rings. The first-order chi connectivity index (χ1) is 9.13. The van der Waals surface area contributed by atoms with Crippen LogP contribution in [0.4, 0.5) is 5.69 Å². The van der Waals surface area contributed by atoms with Crippen molar-refractivity contribution in [2.75, 3.05) is 5.32 Å². The van der Waals surface area contributed by atoms with E-state index in [9.17, 15) is 4.79 Å². The first-order valence-electron chi connectivity index (χ1n) is 5.96. The van der Waals surface area contributed by atoms with Crippen molar-refractivity contribution < 1.29 is 4.79 Å².